The predicted octanol–water partition coefficient (Wildman–Crippen LogP) is 4.29. The highest BCUT2D eigenvalue weighted by Gasteiger charge is 2.06. The summed E-state index contributed by atoms with van der Waals surface area (Å²) in [6.45, 7) is 6.22. The zero-order valence-electron chi connectivity index (χ0n) is 8.98. The fourth-order valence-corrected chi connectivity index (χ4v) is 1.81. The van der Waals surface area contributed by atoms with Crippen LogP contribution in [0.3, 0.4) is 0 Å². The van der Waals surface area contributed by atoms with E-state index in [1.54, 1.807) is 0 Å². The molecule has 15 heavy (non-hydrogen) atoms. The Kier molecular flexibility index (Phi) is 2.86. The Labute approximate surface area is 91.6 Å². The van der Waals surface area contributed by atoms with E-state index in [-0.39, 0.29) is 0 Å². The van der Waals surface area contributed by atoms with Crippen LogP contribution >= 0.6 is 0 Å². The number of benzene rings is 2. The van der Waals surface area contributed by atoms with Gasteiger partial charge in [0.1, 0.15) is 0 Å². The molecule has 0 spiro atoms. The summed E-state index contributed by atoms with van der Waals surface area (Å²) >= 11 is 0. The average Bonchev–Trinajstić information content (AvgIpc) is 2.30. The Balaban J connectivity index is 2.53. The summed E-state index contributed by atoms with van der Waals surface area (Å²) in [7, 11) is 0. The van der Waals surface area contributed by atoms with Gasteiger partial charge in [0, 0.05) is 0 Å². The molecule has 0 amide bonds. The van der Waals surface area contributed by atoms with Crippen molar-refractivity contribution in [1.82, 2.24) is 0 Å². The lowest BCUT2D eigenvalue weighted by molar-refractivity contribution is 0.967. The van der Waals surface area contributed by atoms with E-state index < -0.39 is 0 Å². The van der Waals surface area contributed by atoms with Crippen LogP contribution in [0.15, 0.2) is 54.6 Å². The molecular formula is C15H15. The van der Waals surface area contributed by atoms with Gasteiger partial charge in [0.05, 0.1) is 0 Å². The molecule has 2 rings (SSSR count). The predicted molar refractivity (Wildman–Crippen MR) is 65.7 cm³/mol. The van der Waals surface area contributed by atoms with E-state index in [4.69, 9.17) is 0 Å². The van der Waals surface area contributed by atoms with E-state index in [1.807, 2.05) is 6.07 Å². The first-order valence-corrected chi connectivity index (χ1v) is 5.26. The van der Waals surface area contributed by atoms with Crippen LogP contribution in [0.5, 0.6) is 0 Å². The first kappa shape index (κ1) is 9.97. The van der Waals surface area contributed by atoms with Gasteiger partial charge in [-0.15, -0.1) is 0 Å². The molecule has 0 saturated carbocycles. The molecule has 0 nitrogen and oxygen atoms in total. The van der Waals surface area contributed by atoms with Gasteiger partial charge in [0.15, 0.2) is 0 Å². The van der Waals surface area contributed by atoms with Gasteiger partial charge < -0.3 is 0 Å². The second-order valence-electron chi connectivity index (χ2n) is 3.85. The Hall–Kier alpha value is -1.56. The van der Waals surface area contributed by atoms with Gasteiger partial charge in [-0.3, -0.25) is 0 Å². The maximum Gasteiger partial charge on any atom is -0.0149 e. The SMILES string of the molecule is [CH2]C(C)c1ccccc1-c1ccccc1. The van der Waals surface area contributed by atoms with Gasteiger partial charge in [-0.25, -0.2) is 0 Å². The van der Waals surface area contributed by atoms with Gasteiger partial charge in [-0.1, -0.05) is 61.5 Å². The van der Waals surface area contributed by atoms with E-state index in [0.717, 1.165) is 0 Å². The monoisotopic (exact) mass is 195 g/mol. The molecule has 0 fully saturated rings. The van der Waals surface area contributed by atoms with Gasteiger partial charge >= 0.3 is 0 Å². The van der Waals surface area contributed by atoms with Crippen LogP contribution in [0.1, 0.15) is 18.4 Å². The number of rotatable bonds is 2. The Bertz CT molecular complexity index is 427. The van der Waals surface area contributed by atoms with Gasteiger partial charge in [0.25, 0.3) is 0 Å². The van der Waals surface area contributed by atoms with E-state index in [9.17, 15) is 0 Å². The highest BCUT2D eigenvalue weighted by molar-refractivity contribution is 5.67. The third-order valence-electron chi connectivity index (χ3n) is 2.58. The third kappa shape index (κ3) is 2.10. The molecule has 1 unspecified atom stereocenters. The lowest BCUT2D eigenvalue weighted by Crippen LogP contribution is -1.91. The van der Waals surface area contributed by atoms with Crippen LogP contribution in [0.25, 0.3) is 11.1 Å². The second-order valence-corrected chi connectivity index (χ2v) is 3.85. The van der Waals surface area contributed by atoms with Crippen molar-refractivity contribution in [1.29, 1.82) is 0 Å². The summed E-state index contributed by atoms with van der Waals surface area (Å²) in [5, 5.41) is 0. The number of hydrogen-bond donors (Lipinski definition) is 0. The topological polar surface area (TPSA) is 0 Å². The molecule has 0 N–H and O–H groups in total. The molecule has 2 aromatic rings. The smallest absolute Gasteiger partial charge is 0.0149 e. The van der Waals surface area contributed by atoms with Crippen LogP contribution in [-0.4, -0.2) is 0 Å². The molecule has 0 bridgehead atoms. The van der Waals surface area contributed by atoms with E-state index >= 15 is 0 Å². The van der Waals surface area contributed by atoms with Crippen molar-refractivity contribution in [3.63, 3.8) is 0 Å². The zero-order valence-corrected chi connectivity index (χ0v) is 8.98. The fraction of sp³-hybridized carbons (Fsp3) is 0.133. The molecule has 0 saturated heterocycles. The number of hydrogen-bond acceptors (Lipinski definition) is 0. The van der Waals surface area contributed by atoms with E-state index in [1.165, 1.54) is 16.7 Å². The molecule has 0 heterocycles. The Morgan fingerprint density at radius 1 is 0.867 bits per heavy atom. The lowest BCUT2D eigenvalue weighted by Gasteiger charge is -2.12. The van der Waals surface area contributed by atoms with Gasteiger partial charge in [-0.05, 0) is 29.5 Å². The van der Waals surface area contributed by atoms with Gasteiger partial charge in [0.2, 0.25) is 0 Å². The molecule has 0 aliphatic heterocycles. The van der Waals surface area contributed by atoms with Crippen molar-refractivity contribution < 1.29 is 0 Å². The minimum Gasteiger partial charge on any atom is -0.0622 e. The summed E-state index contributed by atoms with van der Waals surface area (Å²) < 4.78 is 0. The Morgan fingerprint density at radius 3 is 2.13 bits per heavy atom. The first-order valence-electron chi connectivity index (χ1n) is 5.26. The van der Waals surface area contributed by atoms with Crippen LogP contribution in [0.2, 0.25) is 0 Å². The third-order valence-corrected chi connectivity index (χ3v) is 2.58. The fourth-order valence-electron chi connectivity index (χ4n) is 1.81. The molecular weight excluding hydrogens is 180 g/mol. The summed E-state index contributed by atoms with van der Waals surface area (Å²) in [6, 6.07) is 18.9. The quantitative estimate of drug-likeness (QED) is 0.670. The molecule has 0 heteroatoms. The summed E-state index contributed by atoms with van der Waals surface area (Å²) in [5.41, 5.74) is 3.87. The molecule has 0 aliphatic carbocycles. The van der Waals surface area contributed by atoms with Crippen LogP contribution in [-0.2, 0) is 0 Å². The zero-order chi connectivity index (χ0) is 10.7. The maximum absolute atomic E-state index is 4.09. The summed E-state index contributed by atoms with van der Waals surface area (Å²) in [4.78, 5) is 0. The van der Waals surface area contributed by atoms with E-state index in [2.05, 4.69) is 62.4 Å². The van der Waals surface area contributed by atoms with Gasteiger partial charge in [-0.2, -0.15) is 0 Å². The van der Waals surface area contributed by atoms with Crippen molar-refractivity contribution in [2.75, 3.05) is 0 Å². The molecule has 1 radical (unpaired) electrons. The average molecular weight is 195 g/mol. The van der Waals surface area contributed by atoms with E-state index in [0.29, 0.717) is 5.92 Å². The largest absolute Gasteiger partial charge is 0.0622 e. The van der Waals surface area contributed by atoms with Crippen LogP contribution in [0.4, 0.5) is 0 Å². The lowest BCUT2D eigenvalue weighted by atomic mass is 9.93. The van der Waals surface area contributed by atoms with Crippen LogP contribution in [0, 0.1) is 6.92 Å². The molecule has 0 aromatic heterocycles. The van der Waals surface area contributed by atoms with Crippen LogP contribution < -0.4 is 0 Å². The standard InChI is InChI=1S/C15H15/c1-12(2)14-10-6-7-11-15(14)13-8-4-3-5-9-13/h3-12H,1H2,2H3. The normalized spacial score (nSPS) is 10.6. The molecule has 1 atom stereocenters. The summed E-state index contributed by atoms with van der Waals surface area (Å²) in [6.07, 6.45) is 0. The molecule has 0 aliphatic rings. The Morgan fingerprint density at radius 2 is 1.47 bits per heavy atom. The molecule has 2 aromatic carbocycles. The minimum absolute atomic E-state index is 0.321. The highest BCUT2D eigenvalue weighted by atomic mass is 14.1. The summed E-state index contributed by atoms with van der Waals surface area (Å²) in [5.74, 6) is 0.321. The minimum atomic E-state index is 0.321. The van der Waals surface area contributed by atoms with Crippen molar-refractivity contribution in [3.05, 3.63) is 67.1 Å². The maximum atomic E-state index is 4.09. The second kappa shape index (κ2) is 4.31. The van der Waals surface area contributed by atoms with Crippen molar-refractivity contribution in [2.24, 2.45) is 0 Å². The first-order chi connectivity index (χ1) is 7.29. The van der Waals surface area contributed by atoms with Crippen molar-refractivity contribution >= 4 is 0 Å². The van der Waals surface area contributed by atoms with Crippen molar-refractivity contribution in [2.45, 2.75) is 12.8 Å². The molecule has 75 valence electrons. The van der Waals surface area contributed by atoms with Crippen molar-refractivity contribution in [3.8, 4) is 11.1 Å². The highest BCUT2D eigenvalue weighted by Crippen LogP contribution is 2.28.